The molecule has 0 bridgehead atoms. The van der Waals surface area contributed by atoms with Gasteiger partial charge in [-0.15, -0.1) is 0 Å². The maximum atomic E-state index is 3.81. The van der Waals surface area contributed by atoms with Gasteiger partial charge in [0.1, 0.15) is 0 Å². The van der Waals surface area contributed by atoms with E-state index < -0.39 is 0 Å². The summed E-state index contributed by atoms with van der Waals surface area (Å²) in [7, 11) is 0. The summed E-state index contributed by atoms with van der Waals surface area (Å²) < 4.78 is 0. The van der Waals surface area contributed by atoms with E-state index in [2.05, 4.69) is 44.8 Å². The average Bonchev–Trinajstić information content (AvgIpc) is 2.33. The minimum Gasteiger partial charge on any atom is -0.312 e. The molecular weight excluding hydrogens is 220 g/mol. The van der Waals surface area contributed by atoms with E-state index in [0.717, 1.165) is 17.9 Å². The van der Waals surface area contributed by atoms with Crippen molar-refractivity contribution in [2.24, 2.45) is 11.8 Å². The van der Waals surface area contributed by atoms with Gasteiger partial charge in [0.15, 0.2) is 0 Å². The summed E-state index contributed by atoms with van der Waals surface area (Å²) in [6.07, 6.45) is 5.27. The first kappa shape index (κ1) is 16.0. The van der Waals surface area contributed by atoms with Crippen molar-refractivity contribution in [1.82, 2.24) is 10.2 Å². The fourth-order valence-corrected chi connectivity index (χ4v) is 3.79. The Morgan fingerprint density at radius 3 is 2.33 bits per heavy atom. The standard InChI is InChI=1S/C16H34N2/c1-6-9-17-15-12-13(4)11-14(5)16(15)18(8-3)10-7-2/h13-17H,6-12H2,1-5H3. The van der Waals surface area contributed by atoms with Crippen LogP contribution < -0.4 is 5.32 Å². The van der Waals surface area contributed by atoms with E-state index in [0.29, 0.717) is 6.04 Å². The van der Waals surface area contributed by atoms with Crippen LogP contribution in [0.15, 0.2) is 0 Å². The first-order valence-electron chi connectivity index (χ1n) is 8.11. The van der Waals surface area contributed by atoms with Gasteiger partial charge in [-0.05, 0) is 57.2 Å². The zero-order valence-electron chi connectivity index (χ0n) is 13.2. The van der Waals surface area contributed by atoms with E-state index >= 15 is 0 Å². The van der Waals surface area contributed by atoms with Crippen LogP contribution in [0, 0.1) is 11.8 Å². The molecule has 0 saturated heterocycles. The second-order valence-corrected chi connectivity index (χ2v) is 6.23. The Bertz CT molecular complexity index is 217. The van der Waals surface area contributed by atoms with E-state index in [-0.39, 0.29) is 0 Å². The zero-order valence-corrected chi connectivity index (χ0v) is 13.2. The molecule has 2 heteroatoms. The monoisotopic (exact) mass is 254 g/mol. The molecule has 1 saturated carbocycles. The molecule has 1 fully saturated rings. The van der Waals surface area contributed by atoms with Crippen molar-refractivity contribution in [3.63, 3.8) is 0 Å². The molecule has 0 aromatic carbocycles. The van der Waals surface area contributed by atoms with Gasteiger partial charge in [-0.25, -0.2) is 0 Å². The van der Waals surface area contributed by atoms with Crippen LogP contribution in [0.5, 0.6) is 0 Å². The lowest BCUT2D eigenvalue weighted by Gasteiger charge is -2.46. The van der Waals surface area contributed by atoms with Crippen molar-refractivity contribution >= 4 is 0 Å². The Morgan fingerprint density at radius 2 is 1.78 bits per heavy atom. The van der Waals surface area contributed by atoms with Crippen LogP contribution in [0.4, 0.5) is 0 Å². The SMILES string of the molecule is CCCNC1CC(C)CC(C)C1N(CC)CCC. The van der Waals surface area contributed by atoms with Crippen LogP contribution in [0.25, 0.3) is 0 Å². The summed E-state index contributed by atoms with van der Waals surface area (Å²) in [5, 5.41) is 3.81. The molecule has 0 heterocycles. The summed E-state index contributed by atoms with van der Waals surface area (Å²) in [6, 6.07) is 1.45. The third-order valence-corrected chi connectivity index (χ3v) is 4.42. The predicted molar refractivity (Wildman–Crippen MR) is 81.0 cm³/mol. The van der Waals surface area contributed by atoms with Crippen LogP contribution >= 0.6 is 0 Å². The largest absolute Gasteiger partial charge is 0.312 e. The van der Waals surface area contributed by atoms with Crippen LogP contribution in [0.1, 0.15) is 60.3 Å². The molecule has 108 valence electrons. The van der Waals surface area contributed by atoms with Gasteiger partial charge in [0, 0.05) is 12.1 Å². The molecular formula is C16H34N2. The minimum atomic E-state index is 0.704. The third kappa shape index (κ3) is 4.24. The fourth-order valence-electron chi connectivity index (χ4n) is 3.79. The number of nitrogens with one attached hydrogen (secondary N) is 1. The van der Waals surface area contributed by atoms with Crippen LogP contribution in [0.3, 0.4) is 0 Å². The maximum Gasteiger partial charge on any atom is 0.0274 e. The van der Waals surface area contributed by atoms with Gasteiger partial charge in [0.25, 0.3) is 0 Å². The van der Waals surface area contributed by atoms with Crippen molar-refractivity contribution in [2.75, 3.05) is 19.6 Å². The van der Waals surface area contributed by atoms with E-state index in [1.807, 2.05) is 0 Å². The molecule has 4 atom stereocenters. The number of nitrogens with zero attached hydrogens (tertiary/aromatic N) is 1. The number of hydrogen-bond donors (Lipinski definition) is 1. The van der Waals surface area contributed by atoms with E-state index in [1.54, 1.807) is 0 Å². The highest BCUT2D eigenvalue weighted by Gasteiger charge is 2.36. The Hall–Kier alpha value is -0.0800. The van der Waals surface area contributed by atoms with E-state index in [1.165, 1.54) is 45.3 Å². The number of rotatable bonds is 7. The van der Waals surface area contributed by atoms with E-state index in [9.17, 15) is 0 Å². The molecule has 0 spiro atoms. The summed E-state index contributed by atoms with van der Waals surface area (Å²) >= 11 is 0. The number of likely N-dealkylation sites (N-methyl/N-ethyl adjacent to an activating group) is 1. The number of hydrogen-bond acceptors (Lipinski definition) is 2. The topological polar surface area (TPSA) is 15.3 Å². The molecule has 1 rings (SSSR count). The lowest BCUT2D eigenvalue weighted by atomic mass is 9.75. The van der Waals surface area contributed by atoms with Gasteiger partial charge < -0.3 is 5.32 Å². The molecule has 0 aromatic heterocycles. The molecule has 0 amide bonds. The zero-order chi connectivity index (χ0) is 13.5. The second-order valence-electron chi connectivity index (χ2n) is 6.23. The summed E-state index contributed by atoms with van der Waals surface area (Å²) in [4.78, 5) is 2.71. The van der Waals surface area contributed by atoms with Gasteiger partial charge in [-0.1, -0.05) is 34.6 Å². The Morgan fingerprint density at radius 1 is 1.06 bits per heavy atom. The maximum absolute atomic E-state index is 3.81. The lowest BCUT2D eigenvalue weighted by molar-refractivity contribution is 0.0650. The highest BCUT2D eigenvalue weighted by molar-refractivity contribution is 4.93. The fraction of sp³-hybridized carbons (Fsp3) is 1.00. The molecule has 18 heavy (non-hydrogen) atoms. The molecule has 1 N–H and O–H groups in total. The van der Waals surface area contributed by atoms with Crippen LogP contribution in [-0.2, 0) is 0 Å². The third-order valence-electron chi connectivity index (χ3n) is 4.42. The van der Waals surface area contributed by atoms with Crippen molar-refractivity contribution in [3.8, 4) is 0 Å². The molecule has 2 nitrogen and oxygen atoms in total. The van der Waals surface area contributed by atoms with E-state index in [4.69, 9.17) is 0 Å². The average molecular weight is 254 g/mol. The van der Waals surface area contributed by atoms with Gasteiger partial charge in [-0.3, -0.25) is 4.90 Å². The first-order chi connectivity index (χ1) is 8.63. The molecule has 0 aromatic rings. The van der Waals surface area contributed by atoms with Crippen LogP contribution in [-0.4, -0.2) is 36.6 Å². The summed E-state index contributed by atoms with van der Waals surface area (Å²) in [6.45, 7) is 15.4. The predicted octanol–water partition coefficient (Wildman–Crippen LogP) is 3.52. The van der Waals surface area contributed by atoms with Crippen molar-refractivity contribution in [1.29, 1.82) is 0 Å². The molecule has 1 aliphatic rings. The Balaban J connectivity index is 2.72. The van der Waals surface area contributed by atoms with Gasteiger partial charge in [0.2, 0.25) is 0 Å². The van der Waals surface area contributed by atoms with Crippen molar-refractivity contribution < 1.29 is 0 Å². The van der Waals surface area contributed by atoms with Gasteiger partial charge in [-0.2, -0.15) is 0 Å². The van der Waals surface area contributed by atoms with Crippen LogP contribution in [0.2, 0.25) is 0 Å². The highest BCUT2D eigenvalue weighted by Crippen LogP contribution is 2.32. The normalized spacial score (nSPS) is 33.0. The molecule has 0 aliphatic heterocycles. The lowest BCUT2D eigenvalue weighted by Crippen LogP contribution is -2.56. The molecule has 0 radical (unpaired) electrons. The minimum absolute atomic E-state index is 0.704. The molecule has 4 unspecified atom stereocenters. The highest BCUT2D eigenvalue weighted by atomic mass is 15.2. The molecule has 1 aliphatic carbocycles. The van der Waals surface area contributed by atoms with Gasteiger partial charge >= 0.3 is 0 Å². The Kier molecular flexibility index (Phi) is 7.25. The van der Waals surface area contributed by atoms with Crippen molar-refractivity contribution in [2.45, 2.75) is 72.4 Å². The summed E-state index contributed by atoms with van der Waals surface area (Å²) in [5.74, 6) is 1.71. The smallest absolute Gasteiger partial charge is 0.0274 e. The second kappa shape index (κ2) is 8.16. The first-order valence-corrected chi connectivity index (χ1v) is 8.11. The van der Waals surface area contributed by atoms with Gasteiger partial charge in [0.05, 0.1) is 0 Å². The van der Waals surface area contributed by atoms with Crippen molar-refractivity contribution in [3.05, 3.63) is 0 Å². The Labute approximate surface area is 115 Å². The quantitative estimate of drug-likeness (QED) is 0.748. The summed E-state index contributed by atoms with van der Waals surface area (Å²) in [5.41, 5.74) is 0.